The highest BCUT2D eigenvalue weighted by Gasteiger charge is 2.42. The van der Waals surface area contributed by atoms with Crippen molar-refractivity contribution in [2.75, 3.05) is 26.2 Å². The van der Waals surface area contributed by atoms with E-state index in [0.29, 0.717) is 34.9 Å². The van der Waals surface area contributed by atoms with Crippen molar-refractivity contribution in [3.05, 3.63) is 84.1 Å². The van der Waals surface area contributed by atoms with E-state index >= 15 is 4.79 Å². The fourth-order valence-electron chi connectivity index (χ4n) is 16.1. The van der Waals surface area contributed by atoms with E-state index in [9.17, 15) is 126 Å². The van der Waals surface area contributed by atoms with Crippen LogP contribution < -0.4 is 102 Å². The number of hydrogen-bond donors (Lipinski definition) is 26. The van der Waals surface area contributed by atoms with E-state index in [1.807, 2.05) is 0 Å². The molecule has 0 aliphatic carbocycles. The van der Waals surface area contributed by atoms with Gasteiger partial charge >= 0.3 is 11.9 Å². The molecule has 49 nitrogen and oxygen atoms in total. The Morgan fingerprint density at radius 2 is 1.01 bits per heavy atom. The number of aliphatic carboxylic acids is 2. The van der Waals surface area contributed by atoms with Gasteiger partial charge < -0.3 is 143 Å². The molecule has 0 saturated carbocycles. The Hall–Kier alpha value is -14.4. The largest absolute Gasteiger partial charge is 0.508 e. The number of carbonyl (C=O) groups excluding carboxylic acids is 20. The third kappa shape index (κ3) is 42.5. The lowest BCUT2D eigenvalue weighted by Gasteiger charge is -2.30. The summed E-state index contributed by atoms with van der Waals surface area (Å²) in [5.41, 5.74) is 18.5. The van der Waals surface area contributed by atoms with Gasteiger partial charge in [0.25, 0.3) is 0 Å². The Morgan fingerprint density at radius 3 is 1.55 bits per heavy atom. The van der Waals surface area contributed by atoms with E-state index in [-0.39, 0.29) is 94.2 Å². The van der Waals surface area contributed by atoms with Gasteiger partial charge in [0.15, 0.2) is 5.78 Å². The molecule has 4 aromatic rings. The first-order valence-electron chi connectivity index (χ1n) is 48.9. The van der Waals surface area contributed by atoms with E-state index < -0.39 is 321 Å². The van der Waals surface area contributed by atoms with E-state index in [4.69, 9.17) is 17.2 Å². The molecule has 49 heteroatoms. The van der Waals surface area contributed by atoms with Gasteiger partial charge in [0.2, 0.25) is 106 Å². The number of hydrogen-bond acceptors (Lipinski definition) is 27. The van der Waals surface area contributed by atoms with Gasteiger partial charge in [0.1, 0.15) is 96.1 Å². The zero-order valence-corrected chi connectivity index (χ0v) is 84.4. The van der Waals surface area contributed by atoms with Crippen LogP contribution in [0.5, 0.6) is 5.75 Å². The average Bonchev–Trinajstić information content (AvgIpc) is 1.62. The lowest BCUT2D eigenvalue weighted by Crippen LogP contribution is -2.61. The molecule has 0 spiro atoms. The molecule has 1 aliphatic heterocycles. The van der Waals surface area contributed by atoms with Gasteiger partial charge in [-0.15, -0.1) is 0 Å². The number of aliphatic hydroxyl groups excluding tert-OH is 2. The molecule has 0 radical (unpaired) electrons. The molecule has 17 atom stereocenters. The topological polar surface area (TPSA) is 792 Å². The van der Waals surface area contributed by atoms with E-state index in [2.05, 4.69) is 100 Å². The number of phenols is 1. The number of imidazole rings is 1. The second-order valence-electron chi connectivity index (χ2n) is 38.6. The first kappa shape index (κ1) is 122. The number of ketones is 2. The number of aromatic amines is 2. The summed E-state index contributed by atoms with van der Waals surface area (Å²) < 4.78 is 0. The zero-order chi connectivity index (χ0) is 109. The number of amides is 18. The molecule has 146 heavy (non-hydrogen) atoms. The van der Waals surface area contributed by atoms with Crippen LogP contribution in [0.25, 0.3) is 10.9 Å². The number of rotatable bonds is 59. The van der Waals surface area contributed by atoms with Crippen molar-refractivity contribution in [3.63, 3.8) is 0 Å². The van der Waals surface area contributed by atoms with Crippen LogP contribution in [-0.2, 0) is 125 Å². The third-order valence-corrected chi connectivity index (χ3v) is 23.9. The number of carboxylic acids is 2. The smallest absolute Gasteiger partial charge is 0.305 e. The molecular weight excluding hydrogens is 1910 g/mol. The van der Waals surface area contributed by atoms with Gasteiger partial charge in [-0.05, 0) is 150 Å². The summed E-state index contributed by atoms with van der Waals surface area (Å²) in [4.78, 5) is 317. The molecule has 2 aromatic carbocycles. The summed E-state index contributed by atoms with van der Waals surface area (Å²) >= 11 is 0. The van der Waals surface area contributed by atoms with Crippen LogP contribution in [-0.4, -0.2) is 287 Å². The molecule has 2 aromatic heterocycles. The Morgan fingerprint density at radius 1 is 0.493 bits per heavy atom. The standard InChI is InChI=1S/C97H146N22O27/c1-48(2)33-67(110-84(133)61(51(7)8)40-75(124)82(54(12)122)119-96(145)69(35-50(5)6)117-97(146)81(52(9)10)118-83(132)57(46-120)36-53(11)121)90(139)114-72(39-58-44-101-47-105-58)94(143)109-65(27-29-76(99)125)88(137)115-73(41-77(100)126)95(144)113-71(38-56-43-103-62-20-14-13-19-60(56)62)93(142)111-68(34-49(3)4)91(140)116-74(42-80(130)131)86(135)104-45-78(127)106-64-22-16-18-32-102-85(134)63(21-15-17-31-98)107-92(141)70(37-55-23-25-59(123)26-24-55)112-89(138)66(108-87(64)136)28-30-79(128)129/h13-14,19-20,23-26,43-44,47-52,54,57,61,63-74,81-82,103,120,122-123H,15-18,21-22,27-42,45-46,98H2,1-12H3,(H2,99,125)(H2,100,126)(H,101,105)(H,102,134)(H,104,135)(H,106,127)(H,107,141)(H,108,136)(H,109,143)(H,110,133)(H,111,142)(H,112,138)(H,113,144)(H,114,139)(H,115,137)(H,116,140)(H,117,146)(H,118,132)(H,119,145)(H,128,129)(H,130,131)/t54?,57-,61-,63-,64+,65+,66-,67+,68-,69-,70+,71+,72-,73-,74+,81+,82+/m1/s1. The molecule has 1 unspecified atom stereocenters. The highest BCUT2D eigenvalue weighted by Crippen LogP contribution is 2.25. The van der Waals surface area contributed by atoms with E-state index in [0.717, 1.165) is 0 Å². The number of aromatic hydroxyl groups is 1. The number of phenolic OH excluding ortho intramolecular Hbond substituents is 1. The molecule has 5 rings (SSSR count). The number of unbranched alkanes of at least 4 members (excludes halogenated alkanes) is 1. The van der Waals surface area contributed by atoms with Crippen molar-refractivity contribution < 1.29 is 131 Å². The molecule has 1 fully saturated rings. The molecule has 1 aliphatic rings. The van der Waals surface area contributed by atoms with Crippen LogP contribution in [0.1, 0.15) is 209 Å². The number of nitrogens with one attached hydrogen (secondary N) is 18. The first-order valence-corrected chi connectivity index (χ1v) is 48.9. The maximum Gasteiger partial charge on any atom is 0.305 e. The lowest BCUT2D eigenvalue weighted by atomic mass is 9.86. The van der Waals surface area contributed by atoms with E-state index in [1.165, 1.54) is 56.8 Å². The highest BCUT2D eigenvalue weighted by molar-refractivity contribution is 6.03. The van der Waals surface area contributed by atoms with Crippen LogP contribution >= 0.6 is 0 Å². The molecule has 18 amide bonds. The van der Waals surface area contributed by atoms with Gasteiger partial charge in [-0.2, -0.15) is 0 Å². The number of nitrogens with zero attached hydrogens (tertiary/aromatic N) is 1. The number of para-hydroxylation sites is 1. The molecule has 806 valence electrons. The number of fused-ring (bicyclic) bond motifs is 1. The van der Waals surface area contributed by atoms with Crippen molar-refractivity contribution in [2.24, 2.45) is 58.6 Å². The molecule has 1 saturated heterocycles. The Bertz CT molecular complexity index is 5160. The number of carboxylic acid groups (broad SMARTS) is 2. The number of nitrogens with two attached hydrogens (primary N) is 3. The number of carbonyl (C=O) groups is 22. The van der Waals surface area contributed by atoms with Crippen molar-refractivity contribution in [1.29, 1.82) is 0 Å². The molecule has 3 heterocycles. The number of Topliss-reactive ketones (excluding diaryl/α,β-unsaturated/α-hetero) is 2. The van der Waals surface area contributed by atoms with Gasteiger partial charge in [-0.25, -0.2) is 4.98 Å². The SMILES string of the molecule is CC(=O)C[C@H](CO)C(=O)N[C@H](C(=O)N[C@H](CC(C)C)C(=O)N[C@H](C(=O)C[C@@H](C(=O)N[C@@H](CC(C)C)C(=O)N[C@H](Cc1c[nH]cn1)C(=O)N[C@@H](CCC(N)=O)C(=O)N[C@H](CC(N)=O)C(=O)N[C@@H](Cc1c[nH]c2ccccc12)C(=O)N[C@H](CC(C)C)C(=O)N[C@@H](CC(=O)O)C(=O)NCC(=O)N[C@H]1CCCCNC(=O)[C@@H](CCCCN)NC(=O)[C@H](Cc2ccc(O)cc2)NC(=O)[C@@H](CCC(=O)O)NC1=O)C(C)C)C(C)O)C(C)C. The third-order valence-electron chi connectivity index (χ3n) is 23.9. The maximum atomic E-state index is 15.1. The number of H-pyrrole nitrogens is 2. The zero-order valence-electron chi connectivity index (χ0n) is 84.4. The fraction of sp³-hybridized carbons (Fsp3) is 0.598. The van der Waals surface area contributed by atoms with Crippen LogP contribution in [0.3, 0.4) is 0 Å². The molecular formula is C97H146N22O27. The predicted molar refractivity (Wildman–Crippen MR) is 526 cm³/mol. The average molecular weight is 2050 g/mol. The fourth-order valence-corrected chi connectivity index (χ4v) is 16.1. The maximum absolute atomic E-state index is 15.1. The number of benzene rings is 2. The molecule has 29 N–H and O–H groups in total. The van der Waals surface area contributed by atoms with Crippen molar-refractivity contribution in [2.45, 2.75) is 302 Å². The quantitative estimate of drug-likeness (QED) is 0.0190. The van der Waals surface area contributed by atoms with Crippen molar-refractivity contribution in [3.8, 4) is 5.75 Å². The van der Waals surface area contributed by atoms with Crippen LogP contribution in [0.4, 0.5) is 0 Å². The van der Waals surface area contributed by atoms with Crippen LogP contribution in [0.2, 0.25) is 0 Å². The van der Waals surface area contributed by atoms with Crippen LogP contribution in [0, 0.1) is 41.4 Å². The van der Waals surface area contributed by atoms with Crippen LogP contribution in [0.15, 0.2) is 67.3 Å². The second-order valence-corrected chi connectivity index (χ2v) is 38.6. The van der Waals surface area contributed by atoms with Gasteiger partial charge in [-0.1, -0.05) is 99.6 Å². The first-order chi connectivity index (χ1) is 68.8. The minimum atomic E-state index is -2.06. The number of primary amides is 2. The van der Waals surface area contributed by atoms with Crippen molar-refractivity contribution >= 4 is 141 Å². The van der Waals surface area contributed by atoms with Gasteiger partial charge in [0.05, 0.1) is 50.0 Å². The lowest BCUT2D eigenvalue weighted by molar-refractivity contribution is -0.141. The Balaban J connectivity index is 1.40. The Labute approximate surface area is 844 Å². The number of aliphatic hydroxyl groups is 2. The monoisotopic (exact) mass is 2050 g/mol. The summed E-state index contributed by atoms with van der Waals surface area (Å²) in [7, 11) is 0. The normalized spacial score (nSPS) is 17.5. The summed E-state index contributed by atoms with van der Waals surface area (Å²) in [6, 6.07) is -10.7. The van der Waals surface area contributed by atoms with Crippen molar-refractivity contribution in [1.82, 2.24) is 100 Å². The van der Waals surface area contributed by atoms with Gasteiger partial charge in [0, 0.05) is 80.7 Å². The number of aromatic nitrogens is 3. The minimum absolute atomic E-state index is 0.0128. The summed E-state index contributed by atoms with van der Waals surface area (Å²) in [6.45, 7) is 17.5. The summed E-state index contributed by atoms with van der Waals surface area (Å²) in [5.74, 6) is -27.9. The summed E-state index contributed by atoms with van der Waals surface area (Å²) in [6.07, 6.45) is -3.66. The molecule has 0 bridgehead atoms. The predicted octanol–water partition coefficient (Wildman–Crippen LogP) is -3.57. The summed E-state index contributed by atoms with van der Waals surface area (Å²) in [5, 5.41) is 91.7. The highest BCUT2D eigenvalue weighted by atomic mass is 16.4. The van der Waals surface area contributed by atoms with E-state index in [1.54, 1.807) is 93.5 Å². The minimum Gasteiger partial charge on any atom is -0.508 e. The van der Waals surface area contributed by atoms with Gasteiger partial charge in [-0.3, -0.25) is 101 Å². The second kappa shape index (κ2) is 61.0. The Kier molecular flexibility index (Phi) is 51.0.